The summed E-state index contributed by atoms with van der Waals surface area (Å²) in [7, 11) is -2.90. The van der Waals surface area contributed by atoms with E-state index in [1.165, 1.54) is 0 Å². The van der Waals surface area contributed by atoms with Gasteiger partial charge in [0.25, 0.3) is 0 Å². The second-order valence-electron chi connectivity index (χ2n) is 5.24. The average Bonchev–Trinajstić information content (AvgIpc) is 2.60. The van der Waals surface area contributed by atoms with E-state index in [1.54, 1.807) is 11.6 Å². The molecule has 0 aromatic carbocycles. The van der Waals surface area contributed by atoms with E-state index in [9.17, 15) is 13.2 Å². The summed E-state index contributed by atoms with van der Waals surface area (Å²) in [5.74, 6) is 0.121. The van der Waals surface area contributed by atoms with Crippen LogP contribution in [0.2, 0.25) is 0 Å². The van der Waals surface area contributed by atoms with Gasteiger partial charge in [0.2, 0.25) is 5.91 Å². The van der Waals surface area contributed by atoms with Crippen molar-refractivity contribution in [2.45, 2.75) is 39.3 Å². The van der Waals surface area contributed by atoms with Crippen LogP contribution in [0.25, 0.3) is 0 Å². The molecule has 1 aromatic heterocycles. The summed E-state index contributed by atoms with van der Waals surface area (Å²) in [4.78, 5) is 12.0. The van der Waals surface area contributed by atoms with Gasteiger partial charge in [-0.1, -0.05) is 0 Å². The van der Waals surface area contributed by atoms with E-state index in [4.69, 9.17) is 5.73 Å². The molecule has 1 amide bonds. The Kier molecular flexibility index (Phi) is 4.03. The quantitative estimate of drug-likeness (QED) is 0.802. The maximum absolute atomic E-state index is 12.0. The van der Waals surface area contributed by atoms with Crippen molar-refractivity contribution < 1.29 is 13.2 Å². The number of amides is 1. The van der Waals surface area contributed by atoms with Crippen molar-refractivity contribution in [2.75, 3.05) is 17.2 Å². The molecule has 0 bridgehead atoms. The highest BCUT2D eigenvalue weighted by atomic mass is 32.2. The highest BCUT2D eigenvalue weighted by Crippen LogP contribution is 2.15. The lowest BCUT2D eigenvalue weighted by molar-refractivity contribution is -0.122. The zero-order valence-electron chi connectivity index (χ0n) is 11.7. The molecule has 0 radical (unpaired) electrons. The van der Waals surface area contributed by atoms with Crippen LogP contribution in [0.3, 0.4) is 0 Å². The minimum Gasteiger partial charge on any atom is -0.396 e. The van der Waals surface area contributed by atoms with Crippen LogP contribution in [0.15, 0.2) is 0 Å². The molecule has 112 valence electrons. The maximum atomic E-state index is 12.0. The topological polar surface area (TPSA) is 107 Å². The Hall–Kier alpha value is -1.57. The van der Waals surface area contributed by atoms with Crippen molar-refractivity contribution in [1.29, 1.82) is 0 Å². The Morgan fingerprint density at radius 2 is 2.00 bits per heavy atom. The number of hydrogen-bond donors (Lipinski definition) is 2. The third kappa shape index (κ3) is 3.30. The van der Waals surface area contributed by atoms with Crippen molar-refractivity contribution in [3.05, 3.63) is 11.4 Å². The Balaban J connectivity index is 1.91. The van der Waals surface area contributed by atoms with Gasteiger partial charge in [0.15, 0.2) is 0 Å². The summed E-state index contributed by atoms with van der Waals surface area (Å²) in [6.07, 6.45) is 0.959. The largest absolute Gasteiger partial charge is 0.396 e. The van der Waals surface area contributed by atoms with E-state index in [0.717, 1.165) is 5.69 Å². The molecular weight excluding hydrogens is 280 g/mol. The van der Waals surface area contributed by atoms with Gasteiger partial charge in [-0.2, -0.15) is 5.10 Å². The molecule has 0 aliphatic carbocycles. The summed E-state index contributed by atoms with van der Waals surface area (Å²) >= 11 is 0. The van der Waals surface area contributed by atoms with Gasteiger partial charge in [0, 0.05) is 6.04 Å². The fraction of sp³-hybridized carbons (Fsp3) is 0.667. The molecule has 1 aliphatic rings. The molecule has 0 spiro atoms. The van der Waals surface area contributed by atoms with Gasteiger partial charge >= 0.3 is 0 Å². The molecular formula is C12H20N4O3S. The Bertz CT molecular complexity index is 607. The standard InChI is InChI=1S/C12H20N4O3S/c1-8-12(13)9(2)16(15-8)7-11(17)14-10-3-5-20(18,19)6-4-10/h10H,3-7,13H2,1-2H3,(H,14,17). The lowest BCUT2D eigenvalue weighted by Gasteiger charge is -2.23. The van der Waals surface area contributed by atoms with Crippen LogP contribution in [0.4, 0.5) is 5.69 Å². The number of nitrogens with zero attached hydrogens (tertiary/aromatic N) is 2. The number of nitrogens with one attached hydrogen (secondary N) is 1. The number of rotatable bonds is 3. The molecule has 8 heteroatoms. The average molecular weight is 300 g/mol. The second-order valence-corrected chi connectivity index (χ2v) is 7.54. The van der Waals surface area contributed by atoms with Crippen molar-refractivity contribution in [2.24, 2.45) is 0 Å². The molecule has 0 unspecified atom stereocenters. The van der Waals surface area contributed by atoms with E-state index in [0.29, 0.717) is 24.2 Å². The maximum Gasteiger partial charge on any atom is 0.241 e. The van der Waals surface area contributed by atoms with Crippen molar-refractivity contribution in [3.8, 4) is 0 Å². The first-order valence-corrected chi connectivity index (χ1v) is 8.40. The van der Waals surface area contributed by atoms with Gasteiger partial charge in [-0.25, -0.2) is 8.42 Å². The number of carbonyl (C=O) groups excluding carboxylic acids is 1. The van der Waals surface area contributed by atoms with Crippen LogP contribution in [-0.2, 0) is 21.2 Å². The van der Waals surface area contributed by atoms with Crippen molar-refractivity contribution in [3.63, 3.8) is 0 Å². The molecule has 1 saturated heterocycles. The fourth-order valence-corrected chi connectivity index (χ4v) is 3.80. The van der Waals surface area contributed by atoms with Crippen LogP contribution in [0, 0.1) is 13.8 Å². The van der Waals surface area contributed by atoms with E-state index in [2.05, 4.69) is 10.4 Å². The zero-order valence-corrected chi connectivity index (χ0v) is 12.5. The monoisotopic (exact) mass is 300 g/mol. The van der Waals surface area contributed by atoms with Gasteiger partial charge in [-0.15, -0.1) is 0 Å². The van der Waals surface area contributed by atoms with Crippen LogP contribution >= 0.6 is 0 Å². The predicted molar refractivity (Wildman–Crippen MR) is 75.9 cm³/mol. The third-order valence-electron chi connectivity index (χ3n) is 3.65. The van der Waals surface area contributed by atoms with Gasteiger partial charge in [-0.3, -0.25) is 9.48 Å². The molecule has 1 aromatic rings. The first-order valence-electron chi connectivity index (χ1n) is 6.58. The second kappa shape index (κ2) is 5.43. The van der Waals surface area contributed by atoms with E-state index in [1.807, 2.05) is 6.92 Å². The first kappa shape index (κ1) is 14.8. The molecule has 0 saturated carbocycles. The summed E-state index contributed by atoms with van der Waals surface area (Å²) < 4.78 is 24.2. The van der Waals surface area contributed by atoms with E-state index in [-0.39, 0.29) is 30.0 Å². The highest BCUT2D eigenvalue weighted by Gasteiger charge is 2.24. The number of aryl methyl sites for hydroxylation is 1. The summed E-state index contributed by atoms with van der Waals surface area (Å²) in [6.45, 7) is 3.71. The Morgan fingerprint density at radius 1 is 1.40 bits per heavy atom. The molecule has 20 heavy (non-hydrogen) atoms. The Morgan fingerprint density at radius 3 is 2.50 bits per heavy atom. The molecule has 7 nitrogen and oxygen atoms in total. The van der Waals surface area contributed by atoms with Gasteiger partial charge in [0.05, 0.1) is 28.6 Å². The zero-order chi connectivity index (χ0) is 14.9. The molecule has 1 aliphatic heterocycles. The van der Waals surface area contributed by atoms with Crippen LogP contribution in [-0.4, -0.2) is 41.7 Å². The minimum absolute atomic E-state index is 0.0691. The first-order chi connectivity index (χ1) is 9.28. The van der Waals surface area contributed by atoms with Crippen molar-refractivity contribution >= 4 is 21.4 Å². The molecule has 0 atom stereocenters. The third-order valence-corrected chi connectivity index (χ3v) is 5.37. The number of carbonyl (C=O) groups is 1. The number of aromatic nitrogens is 2. The number of anilines is 1. The highest BCUT2D eigenvalue weighted by molar-refractivity contribution is 7.91. The molecule has 1 fully saturated rings. The number of nitrogen functional groups attached to an aromatic ring is 1. The Labute approximate surface area is 118 Å². The number of hydrogen-bond acceptors (Lipinski definition) is 5. The number of nitrogens with two attached hydrogens (primary N) is 1. The summed E-state index contributed by atoms with van der Waals surface area (Å²) in [5.41, 5.74) is 7.88. The lowest BCUT2D eigenvalue weighted by atomic mass is 10.1. The van der Waals surface area contributed by atoms with Crippen LogP contribution in [0.1, 0.15) is 24.2 Å². The van der Waals surface area contributed by atoms with Gasteiger partial charge in [-0.05, 0) is 26.7 Å². The fourth-order valence-electron chi connectivity index (χ4n) is 2.31. The minimum atomic E-state index is -2.90. The molecule has 2 rings (SSSR count). The molecule has 3 N–H and O–H groups in total. The van der Waals surface area contributed by atoms with Crippen LogP contribution < -0.4 is 11.1 Å². The summed E-state index contributed by atoms with van der Waals surface area (Å²) in [5, 5.41) is 7.06. The normalized spacial score (nSPS) is 18.9. The van der Waals surface area contributed by atoms with Crippen LogP contribution in [0.5, 0.6) is 0 Å². The van der Waals surface area contributed by atoms with E-state index < -0.39 is 9.84 Å². The number of sulfone groups is 1. The van der Waals surface area contributed by atoms with E-state index >= 15 is 0 Å². The van der Waals surface area contributed by atoms with Gasteiger partial charge < -0.3 is 11.1 Å². The van der Waals surface area contributed by atoms with Crippen molar-refractivity contribution in [1.82, 2.24) is 15.1 Å². The van der Waals surface area contributed by atoms with Gasteiger partial charge in [0.1, 0.15) is 16.4 Å². The SMILES string of the molecule is Cc1nn(CC(=O)NC2CCS(=O)(=O)CC2)c(C)c1N. The lowest BCUT2D eigenvalue weighted by Crippen LogP contribution is -2.42. The predicted octanol–water partition coefficient (Wildman–Crippen LogP) is -0.224. The smallest absolute Gasteiger partial charge is 0.241 e. The summed E-state index contributed by atoms with van der Waals surface area (Å²) in [6, 6.07) is -0.0691. The molecule has 2 heterocycles.